The predicted molar refractivity (Wildman–Crippen MR) is 62.4 cm³/mol. The minimum Gasteiger partial charge on any atom is -0.457 e. The highest BCUT2D eigenvalue weighted by molar-refractivity contribution is 5.39. The number of ether oxygens (including phenoxy) is 1. The molecule has 0 N–H and O–H groups in total. The summed E-state index contributed by atoms with van der Waals surface area (Å²) in [6.07, 6.45) is 0. The van der Waals surface area contributed by atoms with E-state index in [9.17, 15) is 0 Å². The lowest BCUT2D eigenvalue weighted by molar-refractivity contribution is 0.482. The van der Waals surface area contributed by atoms with Crippen molar-refractivity contribution in [3.63, 3.8) is 0 Å². The molecule has 16 heavy (non-hydrogen) atoms. The van der Waals surface area contributed by atoms with Crippen molar-refractivity contribution in [3.8, 4) is 17.6 Å². The van der Waals surface area contributed by atoms with Crippen molar-refractivity contribution in [2.24, 2.45) is 0 Å². The first-order chi connectivity index (χ1) is 7.78. The molecule has 2 aromatic carbocycles. The third-order valence-corrected chi connectivity index (χ3v) is 2.19. The zero-order chi connectivity index (χ0) is 11.4. The maximum Gasteiger partial charge on any atom is 0.128 e. The third kappa shape index (κ3) is 2.40. The molecule has 0 heterocycles. The molecule has 0 radical (unpaired) electrons. The predicted octanol–water partition coefficient (Wildman–Crippen LogP) is 3.66. The van der Waals surface area contributed by atoms with Gasteiger partial charge in [0.05, 0.1) is 11.6 Å². The summed E-state index contributed by atoms with van der Waals surface area (Å²) in [5.74, 6) is 1.47. The van der Waals surface area contributed by atoms with Crippen molar-refractivity contribution in [1.82, 2.24) is 0 Å². The van der Waals surface area contributed by atoms with Crippen LogP contribution in [0.3, 0.4) is 0 Å². The van der Waals surface area contributed by atoms with E-state index in [4.69, 9.17) is 10.00 Å². The van der Waals surface area contributed by atoms with E-state index < -0.39 is 0 Å². The molecule has 2 rings (SSSR count). The van der Waals surface area contributed by atoms with Gasteiger partial charge in [0.1, 0.15) is 11.5 Å². The molecule has 0 saturated heterocycles. The molecule has 0 amide bonds. The molecule has 0 aliphatic rings. The van der Waals surface area contributed by atoms with Crippen LogP contribution in [0.2, 0.25) is 0 Å². The lowest BCUT2D eigenvalue weighted by Crippen LogP contribution is -1.85. The van der Waals surface area contributed by atoms with E-state index >= 15 is 0 Å². The molecule has 2 heteroatoms. The first kappa shape index (κ1) is 10.3. The van der Waals surface area contributed by atoms with Crippen molar-refractivity contribution in [3.05, 3.63) is 59.7 Å². The monoisotopic (exact) mass is 209 g/mol. The third-order valence-electron chi connectivity index (χ3n) is 2.19. The van der Waals surface area contributed by atoms with E-state index in [1.54, 1.807) is 12.1 Å². The van der Waals surface area contributed by atoms with Crippen LogP contribution in [-0.2, 0) is 0 Å². The molecule has 0 aliphatic heterocycles. The maximum absolute atomic E-state index is 8.77. The number of hydrogen-bond acceptors (Lipinski definition) is 2. The van der Waals surface area contributed by atoms with Crippen LogP contribution in [0, 0.1) is 18.3 Å². The zero-order valence-electron chi connectivity index (χ0n) is 8.97. The molecular formula is C14H11NO. The minimum absolute atomic E-state index is 0.602. The first-order valence-corrected chi connectivity index (χ1v) is 5.02. The highest BCUT2D eigenvalue weighted by Gasteiger charge is 1.98. The number of benzene rings is 2. The fraction of sp³-hybridized carbons (Fsp3) is 0.0714. The molecule has 0 bridgehead atoms. The quantitative estimate of drug-likeness (QED) is 0.756. The molecular weight excluding hydrogens is 198 g/mol. The SMILES string of the molecule is Cc1cccc(Oc2cccc(C#N)c2)c1. The van der Waals surface area contributed by atoms with Gasteiger partial charge in [0.2, 0.25) is 0 Å². The first-order valence-electron chi connectivity index (χ1n) is 5.02. The van der Waals surface area contributed by atoms with Gasteiger partial charge in [-0.15, -0.1) is 0 Å². The molecule has 0 aliphatic carbocycles. The van der Waals surface area contributed by atoms with E-state index in [-0.39, 0.29) is 0 Å². The van der Waals surface area contributed by atoms with Crippen LogP contribution in [0.25, 0.3) is 0 Å². The fourth-order valence-electron chi connectivity index (χ4n) is 1.44. The Balaban J connectivity index is 2.24. The van der Waals surface area contributed by atoms with Gasteiger partial charge in [-0.3, -0.25) is 0 Å². The molecule has 0 spiro atoms. The number of rotatable bonds is 2. The Morgan fingerprint density at radius 1 is 1.00 bits per heavy atom. The molecule has 0 fully saturated rings. The second-order valence-corrected chi connectivity index (χ2v) is 3.56. The van der Waals surface area contributed by atoms with E-state index in [0.717, 1.165) is 11.3 Å². The summed E-state index contributed by atoms with van der Waals surface area (Å²) in [5.41, 5.74) is 1.75. The Labute approximate surface area is 94.7 Å². The molecule has 0 unspecified atom stereocenters. The van der Waals surface area contributed by atoms with Gasteiger partial charge in [-0.05, 0) is 42.8 Å². The summed E-state index contributed by atoms with van der Waals surface area (Å²) in [5, 5.41) is 8.77. The molecule has 2 aromatic rings. The fourth-order valence-corrected chi connectivity index (χ4v) is 1.44. The molecule has 78 valence electrons. The van der Waals surface area contributed by atoms with Gasteiger partial charge in [0.25, 0.3) is 0 Å². The van der Waals surface area contributed by atoms with Crippen LogP contribution in [0.1, 0.15) is 11.1 Å². The van der Waals surface area contributed by atoms with Gasteiger partial charge in [-0.1, -0.05) is 18.2 Å². The van der Waals surface area contributed by atoms with Crippen LogP contribution in [-0.4, -0.2) is 0 Å². The second kappa shape index (κ2) is 4.50. The van der Waals surface area contributed by atoms with Crippen LogP contribution < -0.4 is 4.74 Å². The summed E-state index contributed by atoms with van der Waals surface area (Å²) in [7, 11) is 0. The number of nitrogens with zero attached hydrogens (tertiary/aromatic N) is 1. The zero-order valence-corrected chi connectivity index (χ0v) is 8.97. The van der Waals surface area contributed by atoms with E-state index in [1.165, 1.54) is 0 Å². The lowest BCUT2D eigenvalue weighted by Gasteiger charge is -2.06. The van der Waals surface area contributed by atoms with Gasteiger partial charge in [0, 0.05) is 0 Å². The Bertz CT molecular complexity index is 540. The second-order valence-electron chi connectivity index (χ2n) is 3.56. The maximum atomic E-state index is 8.77. The van der Waals surface area contributed by atoms with Crippen molar-refractivity contribution in [2.45, 2.75) is 6.92 Å². The standard InChI is InChI=1S/C14H11NO/c1-11-4-2-6-13(8-11)16-14-7-3-5-12(9-14)10-15/h2-9H,1H3. The normalized spacial score (nSPS) is 9.50. The van der Waals surface area contributed by atoms with Crippen molar-refractivity contribution in [1.29, 1.82) is 5.26 Å². The van der Waals surface area contributed by atoms with Gasteiger partial charge in [-0.2, -0.15) is 5.26 Å². The smallest absolute Gasteiger partial charge is 0.128 e. The summed E-state index contributed by atoms with van der Waals surface area (Å²) < 4.78 is 5.65. The molecule has 0 atom stereocenters. The molecule has 0 aromatic heterocycles. The summed E-state index contributed by atoms with van der Waals surface area (Å²) in [6.45, 7) is 2.01. The Morgan fingerprint density at radius 2 is 1.69 bits per heavy atom. The van der Waals surface area contributed by atoms with Crippen LogP contribution >= 0.6 is 0 Å². The minimum atomic E-state index is 0.602. The summed E-state index contributed by atoms with van der Waals surface area (Å²) in [4.78, 5) is 0. The van der Waals surface area contributed by atoms with E-state index in [1.807, 2.05) is 43.3 Å². The average molecular weight is 209 g/mol. The Morgan fingerprint density at radius 3 is 2.38 bits per heavy atom. The molecule has 2 nitrogen and oxygen atoms in total. The van der Waals surface area contributed by atoms with E-state index in [0.29, 0.717) is 11.3 Å². The largest absolute Gasteiger partial charge is 0.457 e. The Kier molecular flexibility index (Phi) is 2.88. The average Bonchev–Trinajstić information content (AvgIpc) is 2.29. The highest BCUT2D eigenvalue weighted by Crippen LogP contribution is 2.22. The Hall–Kier alpha value is -2.27. The van der Waals surface area contributed by atoms with Crippen molar-refractivity contribution < 1.29 is 4.74 Å². The highest BCUT2D eigenvalue weighted by atomic mass is 16.5. The van der Waals surface area contributed by atoms with Crippen molar-refractivity contribution in [2.75, 3.05) is 0 Å². The lowest BCUT2D eigenvalue weighted by atomic mass is 10.2. The topological polar surface area (TPSA) is 33.0 Å². The van der Waals surface area contributed by atoms with Gasteiger partial charge in [0.15, 0.2) is 0 Å². The van der Waals surface area contributed by atoms with Crippen LogP contribution in [0.5, 0.6) is 11.5 Å². The summed E-state index contributed by atoms with van der Waals surface area (Å²) in [6, 6.07) is 17.0. The van der Waals surface area contributed by atoms with E-state index in [2.05, 4.69) is 6.07 Å². The summed E-state index contributed by atoms with van der Waals surface area (Å²) >= 11 is 0. The number of hydrogen-bond donors (Lipinski definition) is 0. The molecule has 0 saturated carbocycles. The van der Waals surface area contributed by atoms with Gasteiger partial charge < -0.3 is 4.74 Å². The van der Waals surface area contributed by atoms with Crippen LogP contribution in [0.15, 0.2) is 48.5 Å². The number of aryl methyl sites for hydroxylation is 1. The number of nitriles is 1. The van der Waals surface area contributed by atoms with Gasteiger partial charge in [-0.25, -0.2) is 0 Å². The van der Waals surface area contributed by atoms with Crippen molar-refractivity contribution >= 4 is 0 Å². The van der Waals surface area contributed by atoms with Gasteiger partial charge >= 0.3 is 0 Å². The van der Waals surface area contributed by atoms with Crippen LogP contribution in [0.4, 0.5) is 0 Å².